The summed E-state index contributed by atoms with van der Waals surface area (Å²) in [6.07, 6.45) is 0.487. The Morgan fingerprint density at radius 2 is 1.91 bits per heavy atom. The molecule has 0 aliphatic rings. The van der Waals surface area contributed by atoms with Gasteiger partial charge in [0.25, 0.3) is 0 Å². The molecule has 0 saturated heterocycles. The first-order valence-electron chi connectivity index (χ1n) is 7.70. The van der Waals surface area contributed by atoms with E-state index in [1.54, 1.807) is 0 Å². The molecule has 22 heavy (non-hydrogen) atoms. The number of nitrogens with two attached hydrogens (primary N) is 1. The smallest absolute Gasteiger partial charge is 0.222 e. The first kappa shape index (κ1) is 16.5. The van der Waals surface area contributed by atoms with Crippen LogP contribution in [0.2, 0.25) is 0 Å². The Balaban J connectivity index is 2.01. The highest BCUT2D eigenvalue weighted by molar-refractivity contribution is 5.83. The van der Waals surface area contributed by atoms with Gasteiger partial charge in [-0.15, -0.1) is 0 Å². The van der Waals surface area contributed by atoms with Crippen molar-refractivity contribution in [2.24, 2.45) is 5.73 Å². The van der Waals surface area contributed by atoms with E-state index in [0.29, 0.717) is 19.6 Å². The van der Waals surface area contributed by atoms with Crippen molar-refractivity contribution in [1.29, 1.82) is 0 Å². The van der Waals surface area contributed by atoms with Crippen LogP contribution in [0.1, 0.15) is 31.9 Å². The Morgan fingerprint density at radius 3 is 2.59 bits per heavy atom. The maximum Gasteiger partial charge on any atom is 0.222 e. The second-order valence-electron chi connectivity index (χ2n) is 5.63. The maximum absolute atomic E-state index is 12.0. The second-order valence-corrected chi connectivity index (χ2v) is 5.63. The number of carbonyl (C=O) groups excluding carboxylic acids is 1. The molecule has 0 saturated carbocycles. The van der Waals surface area contributed by atoms with Gasteiger partial charge in [0.2, 0.25) is 5.91 Å². The summed E-state index contributed by atoms with van der Waals surface area (Å²) >= 11 is 0. The van der Waals surface area contributed by atoms with Crippen LogP contribution in [0.3, 0.4) is 0 Å². The Labute approximate surface area is 131 Å². The van der Waals surface area contributed by atoms with E-state index in [0.717, 1.165) is 10.9 Å². The zero-order valence-electron chi connectivity index (χ0n) is 13.2. The molecule has 0 aromatic heterocycles. The van der Waals surface area contributed by atoms with Gasteiger partial charge in [-0.25, -0.2) is 0 Å². The van der Waals surface area contributed by atoms with E-state index in [4.69, 9.17) is 10.5 Å². The molecule has 0 heterocycles. The number of rotatable bonds is 7. The Hall–Kier alpha value is -1.91. The van der Waals surface area contributed by atoms with Crippen molar-refractivity contribution in [3.8, 4) is 0 Å². The molecule has 0 radical (unpaired) electrons. The molecule has 0 spiro atoms. The van der Waals surface area contributed by atoms with E-state index in [-0.39, 0.29) is 18.1 Å². The monoisotopic (exact) mass is 300 g/mol. The molecule has 118 valence electrons. The van der Waals surface area contributed by atoms with E-state index in [1.165, 1.54) is 5.39 Å². The van der Waals surface area contributed by atoms with Gasteiger partial charge < -0.3 is 15.8 Å². The molecule has 1 amide bonds. The number of amides is 1. The van der Waals surface area contributed by atoms with Gasteiger partial charge >= 0.3 is 0 Å². The van der Waals surface area contributed by atoms with Crippen LogP contribution in [0, 0.1) is 0 Å². The third-order valence-electron chi connectivity index (χ3n) is 3.53. The molecular formula is C18H24N2O2. The minimum atomic E-state index is -0.170. The van der Waals surface area contributed by atoms with E-state index < -0.39 is 0 Å². The topological polar surface area (TPSA) is 64.3 Å². The van der Waals surface area contributed by atoms with Gasteiger partial charge in [0.15, 0.2) is 0 Å². The van der Waals surface area contributed by atoms with Crippen molar-refractivity contribution in [2.45, 2.75) is 32.4 Å². The number of hydrogen-bond donors (Lipinski definition) is 2. The summed E-state index contributed by atoms with van der Waals surface area (Å²) in [6, 6.07) is 14.1. The van der Waals surface area contributed by atoms with E-state index in [1.807, 2.05) is 32.0 Å². The average Bonchev–Trinajstić information content (AvgIpc) is 2.51. The summed E-state index contributed by atoms with van der Waals surface area (Å²) in [7, 11) is 0. The van der Waals surface area contributed by atoms with Crippen LogP contribution in [0.5, 0.6) is 0 Å². The van der Waals surface area contributed by atoms with E-state index >= 15 is 0 Å². The van der Waals surface area contributed by atoms with Gasteiger partial charge in [-0.3, -0.25) is 4.79 Å². The number of fused-ring (bicyclic) bond motifs is 1. The van der Waals surface area contributed by atoms with Gasteiger partial charge in [-0.2, -0.15) is 0 Å². The lowest BCUT2D eigenvalue weighted by Crippen LogP contribution is -2.34. The number of benzene rings is 2. The number of hydrogen-bond acceptors (Lipinski definition) is 3. The SMILES string of the molecule is CC(C)OCCC(=O)NC(CN)c1ccc2ccccc2c1. The zero-order valence-corrected chi connectivity index (χ0v) is 13.2. The summed E-state index contributed by atoms with van der Waals surface area (Å²) in [5.74, 6) is -0.0377. The minimum Gasteiger partial charge on any atom is -0.378 e. The van der Waals surface area contributed by atoms with Crippen LogP contribution in [0.15, 0.2) is 42.5 Å². The molecular weight excluding hydrogens is 276 g/mol. The third kappa shape index (κ3) is 4.55. The highest BCUT2D eigenvalue weighted by Gasteiger charge is 2.13. The molecule has 4 heteroatoms. The van der Waals surface area contributed by atoms with Gasteiger partial charge in [-0.05, 0) is 36.2 Å². The molecule has 4 nitrogen and oxygen atoms in total. The summed E-state index contributed by atoms with van der Waals surface area (Å²) in [6.45, 7) is 4.71. The van der Waals surface area contributed by atoms with E-state index in [2.05, 4.69) is 29.6 Å². The molecule has 0 aliphatic carbocycles. The van der Waals surface area contributed by atoms with Crippen molar-refractivity contribution in [1.82, 2.24) is 5.32 Å². The maximum atomic E-state index is 12.0. The summed E-state index contributed by atoms with van der Waals surface area (Å²) in [5.41, 5.74) is 6.86. The van der Waals surface area contributed by atoms with Crippen molar-refractivity contribution < 1.29 is 9.53 Å². The summed E-state index contributed by atoms with van der Waals surface area (Å²) in [4.78, 5) is 12.0. The van der Waals surface area contributed by atoms with Crippen molar-refractivity contribution in [3.05, 3.63) is 48.0 Å². The quantitative estimate of drug-likeness (QED) is 0.826. The lowest BCUT2D eigenvalue weighted by atomic mass is 10.0. The van der Waals surface area contributed by atoms with Crippen LogP contribution in [0.25, 0.3) is 10.8 Å². The molecule has 1 atom stereocenters. The van der Waals surface area contributed by atoms with Gasteiger partial charge in [0, 0.05) is 13.0 Å². The molecule has 2 aromatic rings. The fraction of sp³-hybridized carbons (Fsp3) is 0.389. The molecule has 3 N–H and O–H groups in total. The largest absolute Gasteiger partial charge is 0.378 e. The third-order valence-corrected chi connectivity index (χ3v) is 3.53. The lowest BCUT2D eigenvalue weighted by molar-refractivity contribution is -0.123. The second kappa shape index (κ2) is 7.92. The highest BCUT2D eigenvalue weighted by Crippen LogP contribution is 2.20. The number of nitrogens with one attached hydrogen (secondary N) is 1. The first-order valence-corrected chi connectivity index (χ1v) is 7.70. The predicted octanol–water partition coefficient (Wildman–Crippen LogP) is 2.77. The normalized spacial score (nSPS) is 12.5. The summed E-state index contributed by atoms with van der Waals surface area (Å²) < 4.78 is 5.40. The zero-order chi connectivity index (χ0) is 15.9. The fourth-order valence-corrected chi connectivity index (χ4v) is 2.36. The average molecular weight is 300 g/mol. The van der Waals surface area contributed by atoms with Gasteiger partial charge in [-0.1, -0.05) is 36.4 Å². The fourth-order valence-electron chi connectivity index (χ4n) is 2.36. The van der Waals surface area contributed by atoms with Crippen LogP contribution in [0.4, 0.5) is 0 Å². The van der Waals surface area contributed by atoms with Crippen LogP contribution >= 0.6 is 0 Å². The van der Waals surface area contributed by atoms with Crippen molar-refractivity contribution in [2.75, 3.05) is 13.2 Å². The first-order chi connectivity index (χ1) is 10.6. The number of ether oxygens (including phenoxy) is 1. The van der Waals surface area contributed by atoms with Crippen molar-refractivity contribution in [3.63, 3.8) is 0 Å². The Morgan fingerprint density at radius 1 is 1.18 bits per heavy atom. The van der Waals surface area contributed by atoms with Crippen LogP contribution in [-0.4, -0.2) is 25.2 Å². The van der Waals surface area contributed by atoms with Crippen LogP contribution < -0.4 is 11.1 Å². The van der Waals surface area contributed by atoms with E-state index in [9.17, 15) is 4.79 Å². The van der Waals surface area contributed by atoms with Gasteiger partial charge in [0.05, 0.1) is 18.8 Å². The minimum absolute atomic E-state index is 0.0377. The standard InChI is InChI=1S/C18H24N2O2/c1-13(2)22-10-9-18(21)20-17(12-19)16-8-7-14-5-3-4-6-15(14)11-16/h3-8,11,13,17H,9-10,12,19H2,1-2H3,(H,20,21). The van der Waals surface area contributed by atoms with Crippen molar-refractivity contribution >= 4 is 16.7 Å². The lowest BCUT2D eigenvalue weighted by Gasteiger charge is -2.18. The van der Waals surface area contributed by atoms with Crippen LogP contribution in [-0.2, 0) is 9.53 Å². The highest BCUT2D eigenvalue weighted by atomic mass is 16.5. The Bertz CT molecular complexity index is 625. The molecule has 0 fully saturated rings. The molecule has 0 bridgehead atoms. The molecule has 2 aromatic carbocycles. The molecule has 2 rings (SSSR count). The number of carbonyl (C=O) groups is 1. The Kier molecular flexibility index (Phi) is 5.92. The summed E-state index contributed by atoms with van der Waals surface area (Å²) in [5, 5.41) is 5.31. The molecule has 1 unspecified atom stereocenters. The van der Waals surface area contributed by atoms with Gasteiger partial charge in [0.1, 0.15) is 0 Å². The molecule has 0 aliphatic heterocycles. The predicted molar refractivity (Wildman–Crippen MR) is 89.6 cm³/mol.